The summed E-state index contributed by atoms with van der Waals surface area (Å²) in [5.74, 6) is -0.841. The maximum absolute atomic E-state index is 12.3. The minimum absolute atomic E-state index is 0.150. The van der Waals surface area contributed by atoms with Gasteiger partial charge in [-0.1, -0.05) is 0 Å². The Labute approximate surface area is 138 Å². The molecule has 2 heterocycles. The second kappa shape index (κ2) is 5.92. The van der Waals surface area contributed by atoms with Crippen LogP contribution in [0.2, 0.25) is 0 Å². The van der Waals surface area contributed by atoms with Gasteiger partial charge in [0.1, 0.15) is 0 Å². The molecule has 0 unspecified atom stereocenters. The van der Waals surface area contributed by atoms with Crippen molar-refractivity contribution in [2.45, 2.75) is 27.3 Å². The highest BCUT2D eigenvalue weighted by Crippen LogP contribution is 2.37. The van der Waals surface area contributed by atoms with Crippen LogP contribution in [-0.2, 0) is 16.1 Å². The number of aromatic nitrogens is 2. The molecule has 0 fully saturated rings. The van der Waals surface area contributed by atoms with Gasteiger partial charge in [-0.25, -0.2) is 9.48 Å². The minimum Gasteiger partial charge on any atom is -0.462 e. The lowest BCUT2D eigenvalue weighted by Crippen LogP contribution is -2.22. The van der Waals surface area contributed by atoms with Crippen LogP contribution < -0.4 is 0 Å². The molecule has 0 saturated carbocycles. The van der Waals surface area contributed by atoms with Crippen molar-refractivity contribution in [1.82, 2.24) is 14.7 Å². The summed E-state index contributed by atoms with van der Waals surface area (Å²) in [7, 11) is 0. The molecular formula is C17H17N3O4. The molecule has 7 nitrogen and oxygen atoms in total. The number of hydrogen-bond acceptors (Lipinski definition) is 5. The van der Waals surface area contributed by atoms with E-state index in [1.54, 1.807) is 31.5 Å². The Kier molecular flexibility index (Phi) is 3.92. The Morgan fingerprint density at radius 1 is 1.25 bits per heavy atom. The summed E-state index contributed by atoms with van der Waals surface area (Å²) in [6, 6.07) is 1.69. The first kappa shape index (κ1) is 15.9. The first-order valence-electron chi connectivity index (χ1n) is 7.61. The molecule has 0 spiro atoms. The minimum atomic E-state index is -0.450. The molecule has 0 atom stereocenters. The van der Waals surface area contributed by atoms with Gasteiger partial charge in [-0.15, -0.1) is 0 Å². The van der Waals surface area contributed by atoms with Gasteiger partial charge in [-0.2, -0.15) is 5.10 Å². The number of amides is 1. The second-order valence-electron chi connectivity index (χ2n) is 5.53. The van der Waals surface area contributed by atoms with E-state index in [4.69, 9.17) is 4.74 Å². The molecule has 2 aliphatic heterocycles. The SMILES string of the molecule is CCOC(=O)c1cc2cn(C(C)=O)nc3c-2c1CN(C(C)=O)C=C3. The van der Waals surface area contributed by atoms with Crippen molar-refractivity contribution in [2.24, 2.45) is 0 Å². The van der Waals surface area contributed by atoms with Crippen LogP contribution in [0, 0.1) is 0 Å². The van der Waals surface area contributed by atoms with Crippen molar-refractivity contribution in [2.75, 3.05) is 6.61 Å². The zero-order valence-electron chi connectivity index (χ0n) is 13.7. The van der Waals surface area contributed by atoms with Gasteiger partial charge in [0.15, 0.2) is 0 Å². The summed E-state index contributed by atoms with van der Waals surface area (Å²) in [5.41, 5.74) is 3.09. The Balaban J connectivity index is 2.26. The quantitative estimate of drug-likeness (QED) is 0.790. The molecule has 0 bridgehead atoms. The van der Waals surface area contributed by atoms with Gasteiger partial charge in [-0.3, -0.25) is 9.59 Å². The number of carbonyl (C=O) groups excluding carboxylic acids is 3. The van der Waals surface area contributed by atoms with Crippen molar-refractivity contribution in [3.8, 4) is 11.1 Å². The third-order valence-electron chi connectivity index (χ3n) is 3.91. The lowest BCUT2D eigenvalue weighted by Gasteiger charge is -2.16. The number of esters is 1. The normalized spacial score (nSPS) is 13.0. The smallest absolute Gasteiger partial charge is 0.338 e. The van der Waals surface area contributed by atoms with E-state index in [1.165, 1.54) is 23.4 Å². The Bertz CT molecular complexity index is 850. The van der Waals surface area contributed by atoms with E-state index in [-0.39, 0.29) is 25.0 Å². The lowest BCUT2D eigenvalue weighted by atomic mass is 10.1. The number of nitrogens with zero attached hydrogens (tertiary/aromatic N) is 3. The van der Waals surface area contributed by atoms with E-state index in [9.17, 15) is 14.4 Å². The zero-order chi connectivity index (χ0) is 17.4. The van der Waals surface area contributed by atoms with Crippen molar-refractivity contribution < 1.29 is 19.1 Å². The maximum Gasteiger partial charge on any atom is 0.338 e. The predicted molar refractivity (Wildman–Crippen MR) is 86.4 cm³/mol. The molecule has 3 rings (SSSR count). The molecule has 1 amide bonds. The summed E-state index contributed by atoms with van der Waals surface area (Å²) in [5, 5.41) is 4.29. The Morgan fingerprint density at radius 2 is 2.00 bits per heavy atom. The van der Waals surface area contributed by atoms with Crippen molar-refractivity contribution in [3.05, 3.63) is 35.3 Å². The van der Waals surface area contributed by atoms with Crippen LogP contribution in [0.1, 0.15) is 47.2 Å². The Hall–Kier alpha value is -2.96. The molecule has 1 aliphatic carbocycles. The molecule has 24 heavy (non-hydrogen) atoms. The van der Waals surface area contributed by atoms with Crippen molar-refractivity contribution in [3.63, 3.8) is 0 Å². The molecule has 0 saturated heterocycles. The van der Waals surface area contributed by atoms with E-state index < -0.39 is 5.97 Å². The molecule has 124 valence electrons. The van der Waals surface area contributed by atoms with E-state index in [2.05, 4.69) is 5.10 Å². The summed E-state index contributed by atoms with van der Waals surface area (Å²) < 4.78 is 6.35. The van der Waals surface area contributed by atoms with Crippen molar-refractivity contribution >= 4 is 23.9 Å². The second-order valence-corrected chi connectivity index (χ2v) is 5.53. The molecule has 0 aromatic carbocycles. The highest BCUT2D eigenvalue weighted by atomic mass is 16.5. The molecular weight excluding hydrogens is 310 g/mol. The maximum atomic E-state index is 12.3. The van der Waals surface area contributed by atoms with Gasteiger partial charge >= 0.3 is 5.97 Å². The highest BCUT2D eigenvalue weighted by molar-refractivity contribution is 5.99. The molecule has 3 aliphatic rings. The first-order chi connectivity index (χ1) is 11.4. The molecule has 0 radical (unpaired) electrons. The van der Waals surface area contributed by atoms with E-state index in [1.807, 2.05) is 0 Å². The molecule has 0 N–H and O–H groups in total. The zero-order valence-corrected chi connectivity index (χ0v) is 13.7. The number of rotatable bonds is 2. The number of carbonyl (C=O) groups is 3. The summed E-state index contributed by atoms with van der Waals surface area (Å²) >= 11 is 0. The van der Waals surface area contributed by atoms with Gasteiger partial charge < -0.3 is 9.64 Å². The van der Waals surface area contributed by atoms with Gasteiger partial charge in [0.05, 0.1) is 24.4 Å². The van der Waals surface area contributed by atoms with E-state index in [0.717, 1.165) is 5.56 Å². The first-order valence-corrected chi connectivity index (χ1v) is 7.61. The largest absolute Gasteiger partial charge is 0.462 e. The standard InChI is InChI=1S/C17H17N3O4/c1-4-24-17(23)13-7-12-8-20(11(3)22)18-15-5-6-19(10(2)21)9-14(13)16(12)15/h5-8H,4,9H2,1-3H3. The molecule has 0 aromatic heterocycles. The third-order valence-corrected chi connectivity index (χ3v) is 3.91. The van der Waals surface area contributed by atoms with Crippen LogP contribution >= 0.6 is 0 Å². The average molecular weight is 327 g/mol. The van der Waals surface area contributed by atoms with E-state index >= 15 is 0 Å². The Morgan fingerprint density at radius 3 is 2.62 bits per heavy atom. The topological polar surface area (TPSA) is 81.5 Å². The number of ether oxygens (including phenoxy) is 1. The third kappa shape index (κ3) is 2.58. The lowest BCUT2D eigenvalue weighted by molar-refractivity contribution is -0.126. The average Bonchev–Trinajstić information content (AvgIpc) is 2.77. The van der Waals surface area contributed by atoms with Crippen LogP contribution in [0.4, 0.5) is 0 Å². The highest BCUT2D eigenvalue weighted by Gasteiger charge is 2.28. The fraction of sp³-hybridized carbons (Fsp3) is 0.294. The van der Waals surface area contributed by atoms with Crippen LogP contribution in [-0.4, -0.2) is 39.1 Å². The van der Waals surface area contributed by atoms with Gasteiger partial charge in [0, 0.05) is 37.4 Å². The van der Waals surface area contributed by atoms with Crippen molar-refractivity contribution in [1.29, 1.82) is 0 Å². The summed E-state index contributed by atoms with van der Waals surface area (Å²) in [6.45, 7) is 5.10. The van der Waals surface area contributed by atoms with Gasteiger partial charge in [0.2, 0.25) is 11.8 Å². The number of hydrogen-bond donors (Lipinski definition) is 0. The van der Waals surface area contributed by atoms with E-state index in [0.29, 0.717) is 22.4 Å². The fourth-order valence-corrected chi connectivity index (χ4v) is 2.79. The van der Waals surface area contributed by atoms with Gasteiger partial charge in [-0.05, 0) is 24.6 Å². The monoisotopic (exact) mass is 327 g/mol. The predicted octanol–water partition coefficient (Wildman–Crippen LogP) is 2.16. The summed E-state index contributed by atoms with van der Waals surface area (Å²) in [6.07, 6.45) is 4.88. The fourth-order valence-electron chi connectivity index (χ4n) is 2.79. The molecule has 0 aromatic rings. The van der Waals surface area contributed by atoms with Crippen LogP contribution in [0.15, 0.2) is 18.5 Å². The van der Waals surface area contributed by atoms with Crippen LogP contribution in [0.3, 0.4) is 0 Å². The molecule has 7 heteroatoms. The summed E-state index contributed by atoms with van der Waals surface area (Å²) in [4.78, 5) is 37.3. The van der Waals surface area contributed by atoms with Crippen LogP contribution in [0.25, 0.3) is 17.2 Å². The van der Waals surface area contributed by atoms with Crippen LogP contribution in [0.5, 0.6) is 0 Å². The van der Waals surface area contributed by atoms with Gasteiger partial charge in [0.25, 0.3) is 0 Å².